The summed E-state index contributed by atoms with van der Waals surface area (Å²) in [4.78, 5) is 10.3. The molecule has 11 heavy (non-hydrogen) atoms. The third-order valence-corrected chi connectivity index (χ3v) is 1.23. The van der Waals surface area contributed by atoms with Crippen molar-refractivity contribution in [2.24, 2.45) is 0 Å². The zero-order chi connectivity index (χ0) is 8.91. The van der Waals surface area contributed by atoms with Crippen LogP contribution in [0.1, 0.15) is 20.8 Å². The van der Waals surface area contributed by atoms with E-state index in [9.17, 15) is 4.79 Å². The number of nitrogens with one attached hydrogen (secondary N) is 1. The molecule has 3 nitrogen and oxygen atoms in total. The van der Waals surface area contributed by atoms with E-state index in [-0.39, 0.29) is 11.6 Å². The number of aldehydes is 1. The van der Waals surface area contributed by atoms with E-state index >= 15 is 0 Å². The molecule has 1 N–H and O–H groups in total. The quantitative estimate of drug-likeness (QED) is 0.610. The first-order valence-electron chi connectivity index (χ1n) is 3.76. The van der Waals surface area contributed by atoms with Crippen LogP contribution in [-0.4, -0.2) is 31.6 Å². The highest BCUT2D eigenvalue weighted by atomic mass is 16.5. The summed E-state index contributed by atoms with van der Waals surface area (Å²) >= 11 is 0. The van der Waals surface area contributed by atoms with E-state index in [1.807, 2.05) is 20.8 Å². The molecule has 0 aromatic carbocycles. The Morgan fingerprint density at radius 1 is 1.55 bits per heavy atom. The van der Waals surface area contributed by atoms with Crippen LogP contribution in [0.25, 0.3) is 0 Å². The molecule has 0 saturated heterocycles. The van der Waals surface area contributed by atoms with Gasteiger partial charge in [0.1, 0.15) is 6.29 Å². The molecule has 0 aliphatic rings. The van der Waals surface area contributed by atoms with Crippen LogP contribution in [0.2, 0.25) is 0 Å². The molecule has 0 bridgehead atoms. The van der Waals surface area contributed by atoms with Gasteiger partial charge in [-0.15, -0.1) is 0 Å². The van der Waals surface area contributed by atoms with Gasteiger partial charge in [-0.3, -0.25) is 0 Å². The summed E-state index contributed by atoms with van der Waals surface area (Å²) in [6, 6.07) is -0.186. The van der Waals surface area contributed by atoms with Crippen molar-refractivity contribution in [2.75, 3.05) is 13.7 Å². The molecule has 0 aliphatic carbocycles. The van der Waals surface area contributed by atoms with Gasteiger partial charge in [-0.25, -0.2) is 0 Å². The Hall–Kier alpha value is -0.410. The fourth-order valence-electron chi connectivity index (χ4n) is 0.530. The smallest absolute Gasteiger partial charge is 0.139 e. The lowest BCUT2D eigenvalue weighted by Gasteiger charge is -2.21. The summed E-state index contributed by atoms with van der Waals surface area (Å²) in [5.74, 6) is 0. The molecule has 0 radical (unpaired) electrons. The number of ether oxygens (including phenoxy) is 1. The minimum absolute atomic E-state index is 0.169. The van der Waals surface area contributed by atoms with Crippen LogP contribution in [0.4, 0.5) is 0 Å². The third-order valence-electron chi connectivity index (χ3n) is 1.23. The molecule has 0 rings (SSSR count). The lowest BCUT2D eigenvalue weighted by atomic mass is 10.2. The fourth-order valence-corrected chi connectivity index (χ4v) is 0.530. The summed E-state index contributed by atoms with van der Waals surface area (Å²) in [6.45, 7) is 6.32. The maximum Gasteiger partial charge on any atom is 0.139 e. The standard InChI is InChI=1S/C8H17NO2/c1-8(2,3)11-6-7(5-10)9-4/h5,7,9H,6H2,1-4H3/t7-/m1/s1. The van der Waals surface area contributed by atoms with Gasteiger partial charge in [0.05, 0.1) is 18.2 Å². The van der Waals surface area contributed by atoms with Crippen LogP contribution in [-0.2, 0) is 9.53 Å². The van der Waals surface area contributed by atoms with Gasteiger partial charge in [-0.1, -0.05) is 0 Å². The van der Waals surface area contributed by atoms with E-state index in [0.717, 1.165) is 6.29 Å². The van der Waals surface area contributed by atoms with Crippen LogP contribution in [0.3, 0.4) is 0 Å². The maximum absolute atomic E-state index is 10.3. The first-order chi connectivity index (χ1) is 4.99. The molecular formula is C8H17NO2. The first-order valence-corrected chi connectivity index (χ1v) is 3.76. The normalized spacial score (nSPS) is 14.5. The Morgan fingerprint density at radius 2 is 2.09 bits per heavy atom. The predicted octanol–water partition coefficient (Wildman–Crippen LogP) is 0.588. The van der Waals surface area contributed by atoms with Gasteiger partial charge in [-0.05, 0) is 27.8 Å². The fraction of sp³-hybridized carbons (Fsp3) is 0.875. The van der Waals surface area contributed by atoms with Gasteiger partial charge in [0.25, 0.3) is 0 Å². The average molecular weight is 159 g/mol. The second-order valence-electron chi connectivity index (χ2n) is 3.45. The van der Waals surface area contributed by atoms with Crippen molar-refractivity contribution in [1.82, 2.24) is 5.32 Å². The minimum atomic E-state index is -0.186. The molecule has 0 heterocycles. The van der Waals surface area contributed by atoms with Crippen LogP contribution in [0, 0.1) is 0 Å². The molecule has 0 amide bonds. The van der Waals surface area contributed by atoms with Gasteiger partial charge in [0.15, 0.2) is 0 Å². The Balaban J connectivity index is 3.59. The van der Waals surface area contributed by atoms with E-state index in [4.69, 9.17) is 4.74 Å². The molecule has 3 heteroatoms. The number of carbonyl (C=O) groups excluding carboxylic acids is 1. The molecule has 0 unspecified atom stereocenters. The van der Waals surface area contributed by atoms with Crippen LogP contribution in [0.5, 0.6) is 0 Å². The molecular weight excluding hydrogens is 142 g/mol. The summed E-state index contributed by atoms with van der Waals surface area (Å²) in [6.07, 6.45) is 0.853. The molecule has 0 aliphatic heterocycles. The monoisotopic (exact) mass is 159 g/mol. The van der Waals surface area contributed by atoms with E-state index in [2.05, 4.69) is 5.32 Å². The Bertz CT molecular complexity index is 118. The van der Waals surface area contributed by atoms with E-state index < -0.39 is 0 Å². The maximum atomic E-state index is 10.3. The summed E-state index contributed by atoms with van der Waals surface area (Å²) in [5, 5.41) is 2.83. The molecule has 0 fully saturated rings. The average Bonchev–Trinajstić information content (AvgIpc) is 1.88. The van der Waals surface area contributed by atoms with E-state index in [1.165, 1.54) is 0 Å². The predicted molar refractivity (Wildman–Crippen MR) is 44.6 cm³/mol. The van der Waals surface area contributed by atoms with Gasteiger partial charge >= 0.3 is 0 Å². The van der Waals surface area contributed by atoms with Gasteiger partial charge in [-0.2, -0.15) is 0 Å². The van der Waals surface area contributed by atoms with Gasteiger partial charge < -0.3 is 14.8 Å². The van der Waals surface area contributed by atoms with Crippen molar-refractivity contribution >= 4 is 6.29 Å². The zero-order valence-corrected chi connectivity index (χ0v) is 7.68. The summed E-state index contributed by atoms with van der Waals surface area (Å²) in [5.41, 5.74) is -0.169. The van der Waals surface area contributed by atoms with E-state index in [0.29, 0.717) is 6.61 Å². The molecule has 0 aromatic rings. The Morgan fingerprint density at radius 3 is 2.36 bits per heavy atom. The largest absolute Gasteiger partial charge is 0.374 e. The second kappa shape index (κ2) is 4.46. The van der Waals surface area contributed by atoms with Crippen molar-refractivity contribution in [3.05, 3.63) is 0 Å². The van der Waals surface area contributed by atoms with Crippen molar-refractivity contribution < 1.29 is 9.53 Å². The van der Waals surface area contributed by atoms with Crippen LogP contribution >= 0.6 is 0 Å². The SMILES string of the molecule is CN[C@H](C=O)COC(C)(C)C. The Labute approximate surface area is 68.1 Å². The van der Waals surface area contributed by atoms with Crippen molar-refractivity contribution in [1.29, 1.82) is 0 Å². The molecule has 0 spiro atoms. The lowest BCUT2D eigenvalue weighted by Crippen LogP contribution is -2.35. The van der Waals surface area contributed by atoms with Crippen LogP contribution < -0.4 is 5.32 Å². The molecule has 66 valence electrons. The highest BCUT2D eigenvalue weighted by Gasteiger charge is 2.12. The second-order valence-corrected chi connectivity index (χ2v) is 3.45. The number of hydrogen-bond acceptors (Lipinski definition) is 3. The minimum Gasteiger partial charge on any atom is -0.374 e. The molecule has 1 atom stereocenters. The van der Waals surface area contributed by atoms with Gasteiger partial charge in [0.2, 0.25) is 0 Å². The third kappa shape index (κ3) is 6.01. The van der Waals surface area contributed by atoms with E-state index in [1.54, 1.807) is 7.05 Å². The summed E-state index contributed by atoms with van der Waals surface area (Å²) in [7, 11) is 1.74. The Kier molecular flexibility index (Phi) is 4.30. The van der Waals surface area contributed by atoms with Crippen molar-refractivity contribution in [3.63, 3.8) is 0 Å². The summed E-state index contributed by atoms with van der Waals surface area (Å²) < 4.78 is 5.38. The number of likely N-dealkylation sites (N-methyl/N-ethyl adjacent to an activating group) is 1. The number of hydrogen-bond donors (Lipinski definition) is 1. The zero-order valence-electron chi connectivity index (χ0n) is 7.68. The number of rotatable bonds is 4. The van der Waals surface area contributed by atoms with Gasteiger partial charge in [0, 0.05) is 0 Å². The highest BCUT2D eigenvalue weighted by Crippen LogP contribution is 2.06. The topological polar surface area (TPSA) is 38.3 Å². The molecule has 0 saturated carbocycles. The highest BCUT2D eigenvalue weighted by molar-refractivity contribution is 5.57. The number of carbonyl (C=O) groups is 1. The lowest BCUT2D eigenvalue weighted by molar-refractivity contribution is -0.112. The van der Waals surface area contributed by atoms with Crippen molar-refractivity contribution in [2.45, 2.75) is 32.4 Å². The molecule has 0 aromatic heterocycles. The first kappa shape index (κ1) is 10.6. The van der Waals surface area contributed by atoms with Crippen LogP contribution in [0.15, 0.2) is 0 Å². The van der Waals surface area contributed by atoms with Crippen molar-refractivity contribution in [3.8, 4) is 0 Å².